The maximum absolute atomic E-state index is 14.1. The van der Waals surface area contributed by atoms with Gasteiger partial charge in [0.25, 0.3) is 12.3 Å². The monoisotopic (exact) mass is 561 g/mol. The van der Waals surface area contributed by atoms with Crippen molar-refractivity contribution in [3.05, 3.63) is 36.2 Å². The van der Waals surface area contributed by atoms with Crippen LogP contribution in [0.25, 0.3) is 16.9 Å². The van der Waals surface area contributed by atoms with E-state index in [-0.39, 0.29) is 24.8 Å². The number of hydrogen-bond acceptors (Lipinski definition) is 7. The Morgan fingerprint density at radius 3 is 2.48 bits per heavy atom. The minimum atomic E-state index is -2.78. The van der Waals surface area contributed by atoms with Gasteiger partial charge in [-0.05, 0) is 56.7 Å². The van der Waals surface area contributed by atoms with Gasteiger partial charge in [-0.1, -0.05) is 12.1 Å². The highest BCUT2D eigenvalue weighted by atomic mass is 19.3. The number of para-hydroxylation sites is 2. The molecule has 0 amide bonds. The highest BCUT2D eigenvalue weighted by Gasteiger charge is 2.38. The van der Waals surface area contributed by atoms with E-state index in [9.17, 15) is 17.6 Å². The molecule has 2 aromatic heterocycles. The van der Waals surface area contributed by atoms with Gasteiger partial charge in [0.2, 0.25) is 5.95 Å². The first-order chi connectivity index (χ1) is 19.4. The van der Waals surface area contributed by atoms with E-state index in [2.05, 4.69) is 20.2 Å². The lowest BCUT2D eigenvalue weighted by molar-refractivity contribution is -0.0794. The number of imidazole rings is 1. The van der Waals surface area contributed by atoms with Gasteiger partial charge in [0, 0.05) is 38.2 Å². The number of nitrogens with zero attached hydrogens (tertiary/aromatic N) is 6. The fraction of sp³-hybridized carbons (Fsp3) is 0.607. The normalized spacial score (nSPS) is 24.1. The zero-order valence-electron chi connectivity index (χ0n) is 22.4. The highest BCUT2D eigenvalue weighted by Crippen LogP contribution is 2.34. The van der Waals surface area contributed by atoms with Crippen LogP contribution in [0, 0.1) is 5.92 Å². The van der Waals surface area contributed by atoms with Crippen LogP contribution in [0.15, 0.2) is 30.3 Å². The number of piperidine rings is 1. The Labute approximate surface area is 230 Å². The van der Waals surface area contributed by atoms with Crippen LogP contribution in [0.2, 0.25) is 0 Å². The number of rotatable bonds is 7. The van der Waals surface area contributed by atoms with E-state index in [0.717, 1.165) is 32.2 Å². The van der Waals surface area contributed by atoms with Crippen molar-refractivity contribution >= 4 is 22.8 Å². The molecular formula is C28H35F4N7O. The predicted molar refractivity (Wildman–Crippen MR) is 145 cm³/mol. The minimum absolute atomic E-state index is 0.0120. The maximum Gasteiger partial charge on any atom is 0.296 e. The summed E-state index contributed by atoms with van der Waals surface area (Å²) in [5.41, 5.74) is 1.03. The lowest BCUT2D eigenvalue weighted by Gasteiger charge is -2.41. The van der Waals surface area contributed by atoms with Crippen LogP contribution in [-0.2, 0) is 4.74 Å². The summed E-state index contributed by atoms with van der Waals surface area (Å²) in [6, 6.07) is 8.97. The minimum Gasteiger partial charge on any atom is -0.378 e. The highest BCUT2D eigenvalue weighted by molar-refractivity contribution is 5.78. The van der Waals surface area contributed by atoms with Gasteiger partial charge < -0.3 is 15.0 Å². The first kappa shape index (κ1) is 27.2. The van der Waals surface area contributed by atoms with Gasteiger partial charge in [0.1, 0.15) is 11.6 Å². The Kier molecular flexibility index (Phi) is 7.80. The predicted octanol–water partition coefficient (Wildman–Crippen LogP) is 5.29. The zero-order chi connectivity index (χ0) is 27.7. The SMILES string of the molecule is FC(F)c1nc2ccccc2n1-c1cc(N2CCOCC2)nc(NC[C@H]2CC[C@H](N3CCCC(F)(F)C3)CC2)n1. The molecule has 8 nitrogen and oxygen atoms in total. The third-order valence-electron chi connectivity index (χ3n) is 8.35. The van der Waals surface area contributed by atoms with Gasteiger partial charge in [-0.15, -0.1) is 0 Å². The third-order valence-corrected chi connectivity index (χ3v) is 8.35. The summed E-state index contributed by atoms with van der Waals surface area (Å²) in [6.45, 7) is 3.65. The molecule has 2 saturated heterocycles. The molecular weight excluding hydrogens is 526 g/mol. The smallest absolute Gasteiger partial charge is 0.296 e. The van der Waals surface area contributed by atoms with Gasteiger partial charge in [0.05, 0.1) is 30.8 Å². The molecule has 0 unspecified atom stereocenters. The van der Waals surface area contributed by atoms with Crippen LogP contribution < -0.4 is 10.2 Å². The quantitative estimate of drug-likeness (QED) is 0.393. The van der Waals surface area contributed by atoms with Crippen molar-refractivity contribution in [1.82, 2.24) is 24.4 Å². The molecule has 2 aliphatic heterocycles. The van der Waals surface area contributed by atoms with Gasteiger partial charge in [-0.2, -0.15) is 9.97 Å². The number of likely N-dealkylation sites (tertiary alicyclic amines) is 1. The van der Waals surface area contributed by atoms with Crippen molar-refractivity contribution in [3.63, 3.8) is 0 Å². The van der Waals surface area contributed by atoms with Crippen LogP contribution in [-0.4, -0.2) is 82.3 Å². The molecule has 40 heavy (non-hydrogen) atoms. The number of fused-ring (bicyclic) bond motifs is 1. The lowest BCUT2D eigenvalue weighted by Crippen LogP contribution is -2.49. The Balaban J connectivity index is 1.21. The van der Waals surface area contributed by atoms with Crippen LogP contribution in [0.4, 0.5) is 29.3 Å². The van der Waals surface area contributed by atoms with Crippen molar-refractivity contribution in [2.75, 3.05) is 56.2 Å². The molecule has 1 aliphatic carbocycles. The van der Waals surface area contributed by atoms with Crippen molar-refractivity contribution in [1.29, 1.82) is 0 Å². The second kappa shape index (κ2) is 11.5. The number of aromatic nitrogens is 4. The van der Waals surface area contributed by atoms with Gasteiger partial charge in [0.15, 0.2) is 5.82 Å². The summed E-state index contributed by atoms with van der Waals surface area (Å²) < 4.78 is 62.9. The van der Waals surface area contributed by atoms with E-state index < -0.39 is 12.3 Å². The number of hydrogen-bond donors (Lipinski definition) is 1. The average Bonchev–Trinajstić information content (AvgIpc) is 3.36. The fourth-order valence-electron chi connectivity index (χ4n) is 6.26. The Hall–Kier alpha value is -2.99. The summed E-state index contributed by atoms with van der Waals surface area (Å²) in [5.74, 6) is -1.25. The number of benzene rings is 1. The van der Waals surface area contributed by atoms with Gasteiger partial charge in [-0.25, -0.2) is 22.5 Å². The van der Waals surface area contributed by atoms with Crippen LogP contribution in [0.1, 0.15) is 50.8 Å². The van der Waals surface area contributed by atoms with E-state index in [0.29, 0.717) is 73.8 Å². The standard InChI is InChI=1S/C28H35F4N7O/c29-25(30)26-34-21-4-1-2-5-22(21)39(26)24-16-23(37-12-14-40-15-13-37)35-27(36-24)33-17-19-6-8-20(9-7-19)38-11-3-10-28(31,32)18-38/h1-2,4-5,16,19-20,25H,3,6-15,17-18H2,(H,33,35,36)/t19-,20-. The van der Waals surface area contributed by atoms with E-state index in [1.54, 1.807) is 30.3 Å². The summed E-state index contributed by atoms with van der Waals surface area (Å²) in [7, 11) is 0. The molecule has 0 spiro atoms. The van der Waals surface area contributed by atoms with Gasteiger partial charge >= 0.3 is 0 Å². The molecule has 0 radical (unpaired) electrons. The molecule has 1 N–H and O–H groups in total. The second-order valence-electron chi connectivity index (χ2n) is 11.1. The number of nitrogens with one attached hydrogen (secondary N) is 1. The van der Waals surface area contributed by atoms with Gasteiger partial charge in [-0.3, -0.25) is 9.47 Å². The Morgan fingerprint density at radius 1 is 0.975 bits per heavy atom. The van der Waals surface area contributed by atoms with Crippen molar-refractivity contribution in [2.45, 2.75) is 56.9 Å². The first-order valence-electron chi connectivity index (χ1n) is 14.2. The average molecular weight is 562 g/mol. The maximum atomic E-state index is 14.1. The molecule has 1 aromatic carbocycles. The number of ether oxygens (including phenoxy) is 1. The zero-order valence-corrected chi connectivity index (χ0v) is 22.4. The lowest BCUT2D eigenvalue weighted by atomic mass is 9.84. The number of alkyl halides is 4. The third kappa shape index (κ3) is 5.88. The summed E-state index contributed by atoms with van der Waals surface area (Å²) >= 11 is 0. The van der Waals surface area contributed by atoms with Crippen molar-refractivity contribution in [3.8, 4) is 5.82 Å². The first-order valence-corrected chi connectivity index (χ1v) is 14.2. The van der Waals surface area contributed by atoms with E-state index >= 15 is 0 Å². The number of halogens is 4. The van der Waals surface area contributed by atoms with Crippen LogP contribution in [0.3, 0.4) is 0 Å². The largest absolute Gasteiger partial charge is 0.378 e. The fourth-order valence-corrected chi connectivity index (χ4v) is 6.26. The summed E-state index contributed by atoms with van der Waals surface area (Å²) in [6.07, 6.45) is 1.40. The number of anilines is 2. The summed E-state index contributed by atoms with van der Waals surface area (Å²) in [4.78, 5) is 17.6. The molecule has 1 saturated carbocycles. The molecule has 0 atom stereocenters. The topological polar surface area (TPSA) is 71.3 Å². The molecule has 4 heterocycles. The van der Waals surface area contributed by atoms with E-state index in [1.807, 2.05) is 4.90 Å². The van der Waals surface area contributed by atoms with Crippen LogP contribution >= 0.6 is 0 Å². The van der Waals surface area contributed by atoms with Crippen molar-refractivity contribution in [2.24, 2.45) is 5.92 Å². The van der Waals surface area contributed by atoms with Crippen LogP contribution in [0.5, 0.6) is 0 Å². The number of morpholine rings is 1. The Bertz CT molecular complexity index is 1310. The van der Waals surface area contributed by atoms with E-state index in [1.165, 1.54) is 4.57 Å². The Morgan fingerprint density at radius 2 is 1.73 bits per heavy atom. The molecule has 3 aliphatic rings. The molecule has 6 rings (SSSR count). The summed E-state index contributed by atoms with van der Waals surface area (Å²) in [5, 5.41) is 3.37. The second-order valence-corrected chi connectivity index (χ2v) is 11.1. The molecule has 0 bridgehead atoms. The molecule has 3 fully saturated rings. The van der Waals surface area contributed by atoms with Crippen molar-refractivity contribution < 1.29 is 22.3 Å². The van der Waals surface area contributed by atoms with E-state index in [4.69, 9.17) is 9.72 Å². The molecule has 216 valence electrons. The molecule has 12 heteroatoms. The molecule has 3 aromatic rings.